The highest BCUT2D eigenvalue weighted by Crippen LogP contribution is 2.25. The van der Waals surface area contributed by atoms with Gasteiger partial charge in [-0.05, 0) is 30.7 Å². The number of aromatic nitrogens is 2. The van der Waals surface area contributed by atoms with E-state index in [2.05, 4.69) is 27.8 Å². The number of hydrogen-bond acceptors (Lipinski definition) is 6. The van der Waals surface area contributed by atoms with Crippen LogP contribution in [0.4, 0.5) is 15.2 Å². The molecule has 0 unspecified atom stereocenters. The van der Waals surface area contributed by atoms with Crippen LogP contribution in [-0.4, -0.2) is 28.4 Å². The average Bonchev–Trinajstić information content (AvgIpc) is 2.93. The van der Waals surface area contributed by atoms with Crippen molar-refractivity contribution < 1.29 is 9.18 Å². The minimum atomic E-state index is -0.330. The van der Waals surface area contributed by atoms with Gasteiger partial charge in [0.25, 0.3) is 0 Å². The summed E-state index contributed by atoms with van der Waals surface area (Å²) in [6, 6.07) is 5.66. The number of benzene rings is 1. The average molecular weight is 326 g/mol. The first kappa shape index (κ1) is 15.7. The van der Waals surface area contributed by atoms with E-state index in [0.29, 0.717) is 5.69 Å². The summed E-state index contributed by atoms with van der Waals surface area (Å²) in [7, 11) is 0. The van der Waals surface area contributed by atoms with Gasteiger partial charge in [0.05, 0.1) is 5.75 Å². The van der Waals surface area contributed by atoms with E-state index in [0.717, 1.165) is 22.4 Å². The molecule has 0 atom stereocenters. The van der Waals surface area contributed by atoms with Crippen molar-refractivity contribution in [1.82, 2.24) is 10.2 Å². The molecule has 0 fully saturated rings. The first-order valence-corrected chi connectivity index (χ1v) is 8.23. The summed E-state index contributed by atoms with van der Waals surface area (Å²) >= 11 is 2.75. The standard InChI is InChI=1S/C13H15FN4OS2/c1-2-7-15-12-17-18-13(21-12)20-8-11(19)16-10-5-3-9(14)4-6-10/h3-6H,2,7-8H2,1H3,(H,15,17)(H,16,19). The Morgan fingerprint density at radius 3 is 2.81 bits per heavy atom. The van der Waals surface area contributed by atoms with Gasteiger partial charge in [0.15, 0.2) is 4.34 Å². The molecule has 112 valence electrons. The number of thioether (sulfide) groups is 1. The van der Waals surface area contributed by atoms with Crippen LogP contribution in [0.25, 0.3) is 0 Å². The summed E-state index contributed by atoms with van der Waals surface area (Å²) in [5.74, 6) is -0.256. The second-order valence-electron chi connectivity index (χ2n) is 4.14. The molecule has 1 aromatic heterocycles. The van der Waals surface area contributed by atoms with Crippen molar-refractivity contribution in [3.63, 3.8) is 0 Å². The van der Waals surface area contributed by atoms with E-state index in [4.69, 9.17) is 0 Å². The van der Waals surface area contributed by atoms with Crippen LogP contribution in [0.3, 0.4) is 0 Å². The molecule has 5 nitrogen and oxygen atoms in total. The van der Waals surface area contributed by atoms with Crippen LogP contribution in [0.5, 0.6) is 0 Å². The van der Waals surface area contributed by atoms with Crippen molar-refractivity contribution in [2.45, 2.75) is 17.7 Å². The maximum absolute atomic E-state index is 12.7. The number of nitrogens with one attached hydrogen (secondary N) is 2. The number of hydrogen-bond donors (Lipinski definition) is 2. The molecule has 1 amide bonds. The third kappa shape index (κ3) is 5.31. The second-order valence-corrected chi connectivity index (χ2v) is 6.34. The molecular weight excluding hydrogens is 311 g/mol. The molecule has 8 heteroatoms. The number of rotatable bonds is 7. The van der Waals surface area contributed by atoms with Crippen LogP contribution in [0.15, 0.2) is 28.6 Å². The summed E-state index contributed by atoms with van der Waals surface area (Å²) in [6.07, 6.45) is 1.02. The topological polar surface area (TPSA) is 66.9 Å². The van der Waals surface area contributed by atoms with Gasteiger partial charge in [0, 0.05) is 12.2 Å². The minimum absolute atomic E-state index is 0.162. The molecule has 1 heterocycles. The van der Waals surface area contributed by atoms with Crippen LogP contribution in [0.2, 0.25) is 0 Å². The Morgan fingerprint density at radius 1 is 1.33 bits per heavy atom. The molecule has 0 radical (unpaired) electrons. The number of anilines is 2. The molecule has 0 spiro atoms. The van der Waals surface area contributed by atoms with Crippen LogP contribution in [0.1, 0.15) is 13.3 Å². The van der Waals surface area contributed by atoms with E-state index in [-0.39, 0.29) is 17.5 Å². The van der Waals surface area contributed by atoms with Crippen LogP contribution >= 0.6 is 23.1 Å². The fraction of sp³-hybridized carbons (Fsp3) is 0.308. The molecule has 0 aliphatic heterocycles. The Morgan fingerprint density at radius 2 is 2.10 bits per heavy atom. The van der Waals surface area contributed by atoms with Gasteiger partial charge in [-0.15, -0.1) is 10.2 Å². The van der Waals surface area contributed by atoms with E-state index >= 15 is 0 Å². The summed E-state index contributed by atoms with van der Waals surface area (Å²) in [6.45, 7) is 2.92. The quantitative estimate of drug-likeness (QED) is 0.765. The van der Waals surface area contributed by atoms with Crippen molar-refractivity contribution in [2.24, 2.45) is 0 Å². The number of carbonyl (C=O) groups excluding carboxylic acids is 1. The zero-order valence-electron chi connectivity index (χ0n) is 11.4. The van der Waals surface area contributed by atoms with E-state index in [9.17, 15) is 9.18 Å². The molecule has 0 aliphatic carbocycles. The molecule has 2 aromatic rings. The zero-order chi connectivity index (χ0) is 15.1. The van der Waals surface area contributed by atoms with E-state index < -0.39 is 0 Å². The molecule has 1 aromatic carbocycles. The fourth-order valence-electron chi connectivity index (χ4n) is 1.43. The zero-order valence-corrected chi connectivity index (χ0v) is 13.1. The number of nitrogens with zero attached hydrogens (tertiary/aromatic N) is 2. The molecule has 2 N–H and O–H groups in total. The SMILES string of the molecule is CCCNc1nnc(SCC(=O)Nc2ccc(F)cc2)s1. The highest BCUT2D eigenvalue weighted by Gasteiger charge is 2.08. The summed E-state index contributed by atoms with van der Waals surface area (Å²) in [5, 5.41) is 14.6. The summed E-state index contributed by atoms with van der Waals surface area (Å²) in [5.41, 5.74) is 0.574. The van der Waals surface area contributed by atoms with E-state index in [1.165, 1.54) is 47.4 Å². The van der Waals surface area contributed by atoms with Crippen molar-refractivity contribution in [1.29, 1.82) is 0 Å². The van der Waals surface area contributed by atoms with Gasteiger partial charge in [0.1, 0.15) is 5.82 Å². The Hall–Kier alpha value is -1.67. The summed E-state index contributed by atoms with van der Waals surface area (Å²) < 4.78 is 13.5. The van der Waals surface area contributed by atoms with E-state index in [1.807, 2.05) is 0 Å². The molecule has 0 saturated carbocycles. The van der Waals surface area contributed by atoms with Gasteiger partial charge in [-0.2, -0.15) is 0 Å². The summed E-state index contributed by atoms with van der Waals surface area (Å²) in [4.78, 5) is 11.8. The predicted molar refractivity (Wildman–Crippen MR) is 84.4 cm³/mol. The molecule has 2 rings (SSSR count). The maximum atomic E-state index is 12.7. The van der Waals surface area contributed by atoms with Crippen molar-refractivity contribution in [2.75, 3.05) is 22.9 Å². The Kier molecular flexibility index (Phi) is 5.94. The highest BCUT2D eigenvalue weighted by molar-refractivity contribution is 8.01. The first-order valence-electron chi connectivity index (χ1n) is 6.43. The Labute approximate surface area is 130 Å². The van der Waals surface area contributed by atoms with Gasteiger partial charge >= 0.3 is 0 Å². The van der Waals surface area contributed by atoms with Gasteiger partial charge < -0.3 is 10.6 Å². The number of amides is 1. The smallest absolute Gasteiger partial charge is 0.234 e. The minimum Gasteiger partial charge on any atom is -0.360 e. The lowest BCUT2D eigenvalue weighted by Gasteiger charge is -2.03. The molecule has 21 heavy (non-hydrogen) atoms. The van der Waals surface area contributed by atoms with Gasteiger partial charge in [-0.3, -0.25) is 4.79 Å². The predicted octanol–water partition coefficient (Wildman–Crippen LogP) is 3.23. The van der Waals surface area contributed by atoms with Gasteiger partial charge in [0.2, 0.25) is 11.0 Å². The van der Waals surface area contributed by atoms with Crippen LogP contribution in [0, 0.1) is 5.82 Å². The van der Waals surface area contributed by atoms with Gasteiger partial charge in [-0.25, -0.2) is 4.39 Å². The highest BCUT2D eigenvalue weighted by atomic mass is 32.2. The first-order chi connectivity index (χ1) is 10.2. The van der Waals surface area contributed by atoms with Crippen LogP contribution in [-0.2, 0) is 4.79 Å². The molecular formula is C13H15FN4OS2. The third-order valence-electron chi connectivity index (χ3n) is 2.39. The van der Waals surface area contributed by atoms with Crippen molar-refractivity contribution in [3.05, 3.63) is 30.1 Å². The lowest BCUT2D eigenvalue weighted by atomic mass is 10.3. The lowest BCUT2D eigenvalue weighted by molar-refractivity contribution is -0.113. The lowest BCUT2D eigenvalue weighted by Crippen LogP contribution is -2.13. The fourth-order valence-corrected chi connectivity index (χ4v) is 3.01. The third-order valence-corrected chi connectivity index (χ3v) is 4.40. The second kappa shape index (κ2) is 7.94. The Bertz CT molecular complexity index is 588. The van der Waals surface area contributed by atoms with E-state index in [1.54, 1.807) is 0 Å². The molecule has 0 aliphatic rings. The largest absolute Gasteiger partial charge is 0.360 e. The van der Waals surface area contributed by atoms with Gasteiger partial charge in [-0.1, -0.05) is 30.0 Å². The van der Waals surface area contributed by atoms with Crippen molar-refractivity contribution in [3.8, 4) is 0 Å². The monoisotopic (exact) mass is 326 g/mol. The Balaban J connectivity index is 1.78. The normalized spacial score (nSPS) is 10.4. The number of carbonyl (C=O) groups is 1. The molecule has 0 saturated heterocycles. The maximum Gasteiger partial charge on any atom is 0.234 e. The molecule has 0 bridgehead atoms. The van der Waals surface area contributed by atoms with Crippen LogP contribution < -0.4 is 10.6 Å². The number of halogens is 1. The van der Waals surface area contributed by atoms with Crippen molar-refractivity contribution >= 4 is 39.8 Å².